The van der Waals surface area contributed by atoms with Gasteiger partial charge in [-0.3, -0.25) is 0 Å². The number of rotatable bonds is 9. The maximum atomic E-state index is 12.3. The number of ether oxygens (including phenoxy) is 2. The van der Waals surface area contributed by atoms with Gasteiger partial charge in [-0.05, 0) is 72.6 Å². The molecule has 0 fully saturated rings. The fourth-order valence-electron chi connectivity index (χ4n) is 2.57. The maximum absolute atomic E-state index is 12.3. The molecule has 3 rings (SSSR count). The van der Waals surface area contributed by atoms with Crippen molar-refractivity contribution in [3.63, 3.8) is 0 Å². The molecule has 0 amide bonds. The van der Waals surface area contributed by atoms with Crippen molar-refractivity contribution in [1.29, 1.82) is 0 Å². The molecule has 3 aromatic carbocycles. The van der Waals surface area contributed by atoms with E-state index < -0.39 is 10.0 Å². The normalized spacial score (nSPS) is 11.5. The third-order valence-corrected chi connectivity index (χ3v) is 5.83. The monoisotopic (exact) mass is 478 g/mol. The quantitative estimate of drug-likeness (QED) is 0.335. The molecule has 3 aromatic rings. The molecule has 0 unspecified atom stereocenters. The van der Waals surface area contributed by atoms with Crippen molar-refractivity contribution in [1.82, 2.24) is 4.83 Å². The molecule has 0 radical (unpaired) electrons. The standard InChI is InChI=1S/C22H20Cl2N2O4S/c1-2-29-22-13-17(5-12-21(22)30-15-16-3-6-18(23)7-4-16)14-25-26-31(27,28)20-10-8-19(24)9-11-20/h3-14,26H,2,15H2,1H3. The number of sulfonamides is 1. The van der Waals surface area contributed by atoms with Crippen LogP contribution in [0.1, 0.15) is 18.1 Å². The summed E-state index contributed by atoms with van der Waals surface area (Å²) >= 11 is 11.7. The molecule has 0 heterocycles. The SMILES string of the molecule is CCOc1cc(C=NNS(=O)(=O)c2ccc(Cl)cc2)ccc1OCc1ccc(Cl)cc1. The van der Waals surface area contributed by atoms with Crippen LogP contribution in [0.5, 0.6) is 11.5 Å². The summed E-state index contributed by atoms with van der Waals surface area (Å²) in [7, 11) is -3.79. The summed E-state index contributed by atoms with van der Waals surface area (Å²) in [5.74, 6) is 1.09. The Bertz CT molecular complexity index is 1150. The van der Waals surface area contributed by atoms with Gasteiger partial charge in [0, 0.05) is 10.0 Å². The second kappa shape index (κ2) is 10.5. The van der Waals surface area contributed by atoms with Crippen LogP contribution in [-0.2, 0) is 16.6 Å². The number of halogens is 2. The summed E-state index contributed by atoms with van der Waals surface area (Å²) in [5.41, 5.74) is 1.61. The average molecular weight is 479 g/mol. The average Bonchev–Trinajstić information content (AvgIpc) is 2.75. The predicted octanol–water partition coefficient (Wildman–Crippen LogP) is 5.28. The molecule has 6 nitrogen and oxygen atoms in total. The molecule has 162 valence electrons. The lowest BCUT2D eigenvalue weighted by atomic mass is 10.2. The Kier molecular flexibility index (Phi) is 7.79. The van der Waals surface area contributed by atoms with Crippen molar-refractivity contribution in [2.45, 2.75) is 18.4 Å². The van der Waals surface area contributed by atoms with Crippen molar-refractivity contribution in [2.24, 2.45) is 5.10 Å². The molecule has 0 spiro atoms. The first-order chi connectivity index (χ1) is 14.9. The fraction of sp³-hybridized carbons (Fsp3) is 0.136. The number of hydrogen-bond acceptors (Lipinski definition) is 5. The van der Waals surface area contributed by atoms with Gasteiger partial charge in [-0.1, -0.05) is 35.3 Å². The summed E-state index contributed by atoms with van der Waals surface area (Å²) < 4.78 is 36.1. The minimum Gasteiger partial charge on any atom is -0.490 e. The van der Waals surface area contributed by atoms with E-state index in [9.17, 15) is 8.42 Å². The van der Waals surface area contributed by atoms with Gasteiger partial charge >= 0.3 is 0 Å². The summed E-state index contributed by atoms with van der Waals surface area (Å²) in [6, 6.07) is 18.4. The molecular formula is C22H20Cl2N2O4S. The van der Waals surface area contributed by atoms with Gasteiger partial charge < -0.3 is 9.47 Å². The fourth-order valence-corrected chi connectivity index (χ4v) is 3.61. The summed E-state index contributed by atoms with van der Waals surface area (Å²) in [5, 5.41) is 4.95. The third kappa shape index (κ3) is 6.62. The maximum Gasteiger partial charge on any atom is 0.276 e. The van der Waals surface area contributed by atoms with Crippen LogP contribution in [0.15, 0.2) is 76.7 Å². The molecule has 31 heavy (non-hydrogen) atoms. The molecule has 0 aliphatic rings. The van der Waals surface area contributed by atoms with Gasteiger partial charge in [0.2, 0.25) is 0 Å². The van der Waals surface area contributed by atoms with Crippen LogP contribution < -0.4 is 14.3 Å². The van der Waals surface area contributed by atoms with E-state index in [0.29, 0.717) is 40.3 Å². The highest BCUT2D eigenvalue weighted by Gasteiger charge is 2.12. The molecule has 0 saturated carbocycles. The number of hydrazone groups is 1. The van der Waals surface area contributed by atoms with Crippen molar-refractivity contribution >= 4 is 39.4 Å². The van der Waals surface area contributed by atoms with Crippen molar-refractivity contribution in [2.75, 3.05) is 6.61 Å². The second-order valence-electron chi connectivity index (χ2n) is 6.36. The Morgan fingerprint density at radius 2 is 1.55 bits per heavy atom. The number of hydrogen-bond donors (Lipinski definition) is 1. The smallest absolute Gasteiger partial charge is 0.276 e. The van der Waals surface area contributed by atoms with Gasteiger partial charge in [0.25, 0.3) is 10.0 Å². The van der Waals surface area contributed by atoms with Crippen LogP contribution >= 0.6 is 23.2 Å². The van der Waals surface area contributed by atoms with Gasteiger partial charge in [-0.2, -0.15) is 13.5 Å². The Morgan fingerprint density at radius 1 is 0.903 bits per heavy atom. The Balaban J connectivity index is 1.69. The summed E-state index contributed by atoms with van der Waals surface area (Å²) in [4.78, 5) is 2.24. The van der Waals surface area contributed by atoms with Gasteiger partial charge in [0.05, 0.1) is 17.7 Å². The largest absolute Gasteiger partial charge is 0.490 e. The number of benzene rings is 3. The molecule has 0 bridgehead atoms. The van der Waals surface area contributed by atoms with Crippen molar-refractivity contribution < 1.29 is 17.9 Å². The van der Waals surface area contributed by atoms with Crippen LogP contribution in [0.3, 0.4) is 0 Å². The molecule has 9 heteroatoms. The Morgan fingerprint density at radius 3 is 2.19 bits per heavy atom. The molecule has 0 atom stereocenters. The lowest BCUT2D eigenvalue weighted by Crippen LogP contribution is -2.18. The highest BCUT2D eigenvalue weighted by molar-refractivity contribution is 7.89. The zero-order valence-electron chi connectivity index (χ0n) is 16.6. The summed E-state index contributed by atoms with van der Waals surface area (Å²) in [6.45, 7) is 2.66. The van der Waals surface area contributed by atoms with Crippen molar-refractivity contribution in [3.05, 3.63) is 87.9 Å². The lowest BCUT2D eigenvalue weighted by molar-refractivity contribution is 0.269. The van der Waals surface area contributed by atoms with E-state index in [1.165, 1.54) is 30.5 Å². The third-order valence-electron chi connectivity index (χ3n) is 4.09. The minimum atomic E-state index is -3.79. The first kappa shape index (κ1) is 22.9. The van der Waals surface area contributed by atoms with E-state index >= 15 is 0 Å². The zero-order valence-corrected chi connectivity index (χ0v) is 18.9. The second-order valence-corrected chi connectivity index (χ2v) is 8.89. The van der Waals surface area contributed by atoms with Crippen molar-refractivity contribution in [3.8, 4) is 11.5 Å². The van der Waals surface area contributed by atoms with E-state index in [0.717, 1.165) is 5.56 Å². The summed E-state index contributed by atoms with van der Waals surface area (Å²) in [6.07, 6.45) is 1.39. The van der Waals surface area contributed by atoms with Crippen LogP contribution in [-0.4, -0.2) is 21.2 Å². The van der Waals surface area contributed by atoms with Crippen LogP contribution in [0.25, 0.3) is 0 Å². The molecular weight excluding hydrogens is 459 g/mol. The Labute approximate surface area is 191 Å². The molecule has 0 aliphatic heterocycles. The van der Waals surface area contributed by atoms with Crippen LogP contribution in [0, 0.1) is 0 Å². The Hall–Kier alpha value is -2.74. The molecule has 0 aromatic heterocycles. The van der Waals surface area contributed by atoms with Crippen LogP contribution in [0.4, 0.5) is 0 Å². The topological polar surface area (TPSA) is 77.0 Å². The van der Waals surface area contributed by atoms with Gasteiger partial charge in [0.15, 0.2) is 11.5 Å². The molecule has 1 N–H and O–H groups in total. The first-order valence-corrected chi connectivity index (χ1v) is 11.6. The number of nitrogens with one attached hydrogen (secondary N) is 1. The number of nitrogens with zero attached hydrogens (tertiary/aromatic N) is 1. The first-order valence-electron chi connectivity index (χ1n) is 9.32. The molecule has 0 aliphatic carbocycles. The van der Waals surface area contributed by atoms with E-state index in [1.54, 1.807) is 30.3 Å². The zero-order chi connectivity index (χ0) is 22.3. The van der Waals surface area contributed by atoms with Crippen LogP contribution in [0.2, 0.25) is 10.0 Å². The van der Waals surface area contributed by atoms with E-state index in [4.69, 9.17) is 32.7 Å². The van der Waals surface area contributed by atoms with E-state index in [2.05, 4.69) is 9.93 Å². The minimum absolute atomic E-state index is 0.0648. The van der Waals surface area contributed by atoms with Gasteiger partial charge in [-0.25, -0.2) is 4.83 Å². The lowest BCUT2D eigenvalue weighted by Gasteiger charge is -2.12. The highest BCUT2D eigenvalue weighted by atomic mass is 35.5. The molecule has 0 saturated heterocycles. The van der Waals surface area contributed by atoms with E-state index in [-0.39, 0.29) is 4.90 Å². The predicted molar refractivity (Wildman–Crippen MR) is 123 cm³/mol. The highest BCUT2D eigenvalue weighted by Crippen LogP contribution is 2.29. The van der Waals surface area contributed by atoms with Gasteiger partial charge in [-0.15, -0.1) is 0 Å². The van der Waals surface area contributed by atoms with Gasteiger partial charge in [0.1, 0.15) is 6.61 Å². The van der Waals surface area contributed by atoms with E-state index in [1.807, 2.05) is 19.1 Å².